The molecule has 2 saturated heterocycles. The molecule has 0 saturated carbocycles. The van der Waals surface area contributed by atoms with Crippen molar-refractivity contribution in [2.75, 3.05) is 32.8 Å². The van der Waals surface area contributed by atoms with Crippen LogP contribution in [0, 0.1) is 5.41 Å². The van der Waals surface area contributed by atoms with E-state index in [4.69, 9.17) is 0 Å². The molecule has 1 unspecified atom stereocenters. The topological polar surface area (TPSA) is 43.8 Å². The lowest BCUT2D eigenvalue weighted by Gasteiger charge is -2.39. The van der Waals surface area contributed by atoms with E-state index in [-0.39, 0.29) is 17.9 Å². The molecular formula is C20H30N2O2. The Balaban J connectivity index is 1.65. The number of amides is 1. The molecule has 2 fully saturated rings. The molecule has 2 heterocycles. The lowest BCUT2D eigenvalue weighted by molar-refractivity contribution is 0.0429. The molecule has 132 valence electrons. The summed E-state index contributed by atoms with van der Waals surface area (Å²) in [5.74, 6) is 0.176. The van der Waals surface area contributed by atoms with Gasteiger partial charge in [-0.2, -0.15) is 0 Å². The number of carbonyl (C=O) groups is 1. The monoisotopic (exact) mass is 330 g/mol. The van der Waals surface area contributed by atoms with Crippen molar-refractivity contribution in [1.82, 2.24) is 9.80 Å². The first-order valence-electron chi connectivity index (χ1n) is 9.31. The van der Waals surface area contributed by atoms with Gasteiger partial charge >= 0.3 is 0 Å². The number of aliphatic hydroxyl groups excluding tert-OH is 1. The van der Waals surface area contributed by atoms with Gasteiger partial charge < -0.3 is 10.0 Å². The smallest absolute Gasteiger partial charge is 0.253 e. The minimum Gasteiger partial charge on any atom is -0.396 e. The molecule has 3 rings (SSSR count). The summed E-state index contributed by atoms with van der Waals surface area (Å²) in [4.78, 5) is 17.1. The lowest BCUT2D eigenvalue weighted by Crippen LogP contribution is -2.43. The molecule has 2 aliphatic rings. The first kappa shape index (κ1) is 17.4. The van der Waals surface area contributed by atoms with Crippen LogP contribution in [-0.2, 0) is 6.54 Å². The number of nitrogens with zero attached hydrogens (tertiary/aromatic N) is 2. The Labute approximate surface area is 145 Å². The number of aliphatic hydroxyl groups is 1. The van der Waals surface area contributed by atoms with Crippen LogP contribution in [0.25, 0.3) is 0 Å². The Morgan fingerprint density at radius 3 is 2.71 bits per heavy atom. The molecule has 0 spiro atoms. The van der Waals surface area contributed by atoms with E-state index in [1.54, 1.807) is 0 Å². The van der Waals surface area contributed by atoms with Crippen LogP contribution in [0.3, 0.4) is 0 Å². The fraction of sp³-hybridized carbons (Fsp3) is 0.650. The summed E-state index contributed by atoms with van der Waals surface area (Å²) in [5, 5.41) is 9.62. The summed E-state index contributed by atoms with van der Waals surface area (Å²) < 4.78 is 0. The summed E-state index contributed by atoms with van der Waals surface area (Å²) in [7, 11) is 0. The van der Waals surface area contributed by atoms with Gasteiger partial charge in [-0.25, -0.2) is 0 Å². The van der Waals surface area contributed by atoms with Crippen LogP contribution >= 0.6 is 0 Å². The summed E-state index contributed by atoms with van der Waals surface area (Å²) in [5.41, 5.74) is 2.02. The number of hydrogen-bond donors (Lipinski definition) is 1. The van der Waals surface area contributed by atoms with Gasteiger partial charge in [0.1, 0.15) is 0 Å². The largest absolute Gasteiger partial charge is 0.396 e. The van der Waals surface area contributed by atoms with E-state index in [9.17, 15) is 9.90 Å². The van der Waals surface area contributed by atoms with Gasteiger partial charge in [-0.3, -0.25) is 9.69 Å². The number of benzene rings is 1. The Morgan fingerprint density at radius 1 is 1.17 bits per heavy atom. The van der Waals surface area contributed by atoms with Crippen molar-refractivity contribution in [3.63, 3.8) is 0 Å². The highest BCUT2D eigenvalue weighted by Crippen LogP contribution is 2.29. The van der Waals surface area contributed by atoms with Gasteiger partial charge in [0.2, 0.25) is 0 Å². The number of hydrogen-bond acceptors (Lipinski definition) is 3. The summed E-state index contributed by atoms with van der Waals surface area (Å²) in [6.07, 6.45) is 5.71. The predicted molar refractivity (Wildman–Crippen MR) is 95.9 cm³/mol. The number of rotatable bonds is 4. The average Bonchev–Trinajstić information content (AvgIpc) is 2.62. The number of carbonyl (C=O) groups excluding carboxylic acids is 1. The van der Waals surface area contributed by atoms with Crippen LogP contribution in [0.2, 0.25) is 0 Å². The van der Waals surface area contributed by atoms with Crippen LogP contribution in [0.4, 0.5) is 0 Å². The SMILES string of the molecule is CC1(CO)CCCN(Cc2cccc(C(=O)N3CCCCC3)c2)C1. The second kappa shape index (κ2) is 7.66. The summed E-state index contributed by atoms with van der Waals surface area (Å²) >= 11 is 0. The van der Waals surface area contributed by atoms with Gasteiger partial charge in [-0.15, -0.1) is 0 Å². The maximum absolute atomic E-state index is 12.7. The second-order valence-corrected chi connectivity index (χ2v) is 7.84. The highest BCUT2D eigenvalue weighted by molar-refractivity contribution is 5.94. The van der Waals surface area contributed by atoms with E-state index in [1.807, 2.05) is 17.0 Å². The number of piperidine rings is 2. The van der Waals surface area contributed by atoms with Crippen molar-refractivity contribution < 1.29 is 9.90 Å². The van der Waals surface area contributed by atoms with E-state index >= 15 is 0 Å². The minimum atomic E-state index is 0.0134. The quantitative estimate of drug-likeness (QED) is 0.923. The van der Waals surface area contributed by atoms with Crippen LogP contribution in [0.1, 0.15) is 54.9 Å². The van der Waals surface area contributed by atoms with Gasteiger partial charge in [0.25, 0.3) is 5.91 Å². The minimum absolute atomic E-state index is 0.0134. The highest BCUT2D eigenvalue weighted by atomic mass is 16.3. The molecule has 1 aromatic rings. The third-order valence-electron chi connectivity index (χ3n) is 5.47. The molecule has 0 radical (unpaired) electrons. The Kier molecular flexibility index (Phi) is 5.57. The molecule has 1 amide bonds. The first-order valence-corrected chi connectivity index (χ1v) is 9.31. The van der Waals surface area contributed by atoms with Crippen LogP contribution in [0.5, 0.6) is 0 Å². The zero-order chi connectivity index (χ0) is 17.0. The Morgan fingerprint density at radius 2 is 1.96 bits per heavy atom. The van der Waals surface area contributed by atoms with Gasteiger partial charge in [-0.05, 0) is 56.3 Å². The highest BCUT2D eigenvalue weighted by Gasteiger charge is 2.30. The maximum atomic E-state index is 12.7. The zero-order valence-corrected chi connectivity index (χ0v) is 14.8. The van der Waals surface area contributed by atoms with E-state index in [1.165, 1.54) is 12.0 Å². The molecule has 0 aliphatic carbocycles. The summed E-state index contributed by atoms with van der Waals surface area (Å²) in [6.45, 7) is 7.05. The molecule has 4 nitrogen and oxygen atoms in total. The third kappa shape index (κ3) is 4.17. The molecular weight excluding hydrogens is 300 g/mol. The number of likely N-dealkylation sites (tertiary alicyclic amines) is 2. The van der Waals surface area contributed by atoms with Crippen LogP contribution in [0.15, 0.2) is 24.3 Å². The molecule has 2 aliphatic heterocycles. The molecule has 4 heteroatoms. The molecule has 0 bridgehead atoms. The van der Waals surface area contributed by atoms with Crippen molar-refractivity contribution in [2.24, 2.45) is 5.41 Å². The lowest BCUT2D eigenvalue weighted by atomic mass is 9.82. The van der Waals surface area contributed by atoms with Gasteiger partial charge in [0.05, 0.1) is 0 Å². The van der Waals surface area contributed by atoms with E-state index in [2.05, 4.69) is 24.0 Å². The van der Waals surface area contributed by atoms with Crippen molar-refractivity contribution >= 4 is 5.91 Å². The van der Waals surface area contributed by atoms with Crippen molar-refractivity contribution in [3.05, 3.63) is 35.4 Å². The fourth-order valence-electron chi connectivity index (χ4n) is 4.03. The summed E-state index contributed by atoms with van der Waals surface area (Å²) in [6, 6.07) is 8.11. The van der Waals surface area contributed by atoms with Crippen LogP contribution in [-0.4, -0.2) is 53.6 Å². The molecule has 1 N–H and O–H groups in total. The third-order valence-corrected chi connectivity index (χ3v) is 5.47. The average molecular weight is 330 g/mol. The zero-order valence-electron chi connectivity index (χ0n) is 14.8. The van der Waals surface area contributed by atoms with E-state index < -0.39 is 0 Å². The van der Waals surface area contributed by atoms with Gasteiger partial charge in [0, 0.05) is 43.8 Å². The Bertz CT molecular complexity index is 569. The van der Waals surface area contributed by atoms with Gasteiger partial charge in [-0.1, -0.05) is 19.1 Å². The predicted octanol–water partition coefficient (Wildman–Crippen LogP) is 2.91. The van der Waals surface area contributed by atoms with Gasteiger partial charge in [0.15, 0.2) is 0 Å². The fourth-order valence-corrected chi connectivity index (χ4v) is 4.03. The van der Waals surface area contributed by atoms with E-state index in [0.717, 1.165) is 64.0 Å². The van der Waals surface area contributed by atoms with Crippen LogP contribution < -0.4 is 0 Å². The van der Waals surface area contributed by atoms with Crippen molar-refractivity contribution in [1.29, 1.82) is 0 Å². The normalized spacial score (nSPS) is 25.7. The second-order valence-electron chi connectivity index (χ2n) is 7.84. The molecule has 0 aromatic heterocycles. The van der Waals surface area contributed by atoms with Crippen molar-refractivity contribution in [2.45, 2.75) is 45.6 Å². The van der Waals surface area contributed by atoms with E-state index in [0.29, 0.717) is 0 Å². The molecule has 1 atom stereocenters. The molecule has 1 aromatic carbocycles. The Hall–Kier alpha value is -1.39. The maximum Gasteiger partial charge on any atom is 0.253 e. The first-order chi connectivity index (χ1) is 11.6. The van der Waals surface area contributed by atoms with Crippen molar-refractivity contribution in [3.8, 4) is 0 Å². The molecule has 24 heavy (non-hydrogen) atoms. The standard InChI is InChI=1S/C20H30N2O2/c1-20(16-23)9-6-10-21(15-20)14-17-7-5-8-18(13-17)19(24)22-11-3-2-4-12-22/h5,7-8,13,23H,2-4,6,9-12,14-16H2,1H3.